The maximum absolute atomic E-state index is 10.9. The maximum Gasteiger partial charge on any atom is 0.321 e. The second kappa shape index (κ2) is 3.32. The predicted octanol–water partition coefficient (Wildman–Crippen LogP) is -0.171. The second-order valence-electron chi connectivity index (χ2n) is 2.56. The van der Waals surface area contributed by atoms with Crippen LogP contribution >= 0.6 is 0 Å². The molecule has 0 amide bonds. The van der Waals surface area contributed by atoms with E-state index in [9.17, 15) is 9.00 Å². The number of hydrogen-bond donors (Lipinski definition) is 1. The summed E-state index contributed by atoms with van der Waals surface area (Å²) in [6.07, 6.45) is 2.97. The highest BCUT2D eigenvalue weighted by Crippen LogP contribution is 2.18. The Morgan fingerprint density at radius 3 is 2.73 bits per heavy atom. The molecule has 1 heterocycles. The number of carboxylic acid groups (broad SMARTS) is 1. The SMILES string of the molecule is CS(=O)N1CCC[C@@H]1C(=O)O. The van der Waals surface area contributed by atoms with Crippen LogP contribution in [0.5, 0.6) is 0 Å². The van der Waals surface area contributed by atoms with Gasteiger partial charge in [-0.05, 0) is 12.8 Å². The fourth-order valence-corrected chi connectivity index (χ4v) is 2.23. The predicted molar refractivity (Wildman–Crippen MR) is 41.4 cm³/mol. The first-order chi connectivity index (χ1) is 5.13. The number of carbonyl (C=O) groups is 1. The number of nitrogens with zero attached hydrogens (tertiary/aromatic N) is 1. The van der Waals surface area contributed by atoms with E-state index in [1.165, 1.54) is 10.6 Å². The van der Waals surface area contributed by atoms with E-state index in [4.69, 9.17) is 5.11 Å². The summed E-state index contributed by atoms with van der Waals surface area (Å²) < 4.78 is 12.5. The number of aliphatic carboxylic acids is 1. The zero-order valence-electron chi connectivity index (χ0n) is 6.32. The Kier molecular flexibility index (Phi) is 2.62. The van der Waals surface area contributed by atoms with Crippen LogP contribution in [0.4, 0.5) is 0 Å². The van der Waals surface area contributed by atoms with Crippen LogP contribution in [-0.2, 0) is 15.8 Å². The third-order valence-corrected chi connectivity index (χ3v) is 2.92. The largest absolute Gasteiger partial charge is 0.480 e. The standard InChI is InChI=1S/C6H11NO3S/c1-11(10)7-4-2-3-5(7)6(8)9/h5H,2-4H2,1H3,(H,8,9)/t5-,11?/m1/s1. The molecule has 1 aliphatic heterocycles. The molecule has 1 unspecified atom stereocenters. The van der Waals surface area contributed by atoms with Gasteiger partial charge in [-0.1, -0.05) is 0 Å². The normalized spacial score (nSPS) is 28.6. The van der Waals surface area contributed by atoms with E-state index in [-0.39, 0.29) is 0 Å². The second-order valence-corrected chi connectivity index (χ2v) is 3.88. The Morgan fingerprint density at radius 1 is 1.73 bits per heavy atom. The smallest absolute Gasteiger partial charge is 0.321 e. The lowest BCUT2D eigenvalue weighted by atomic mass is 10.2. The Balaban J connectivity index is 2.65. The van der Waals surface area contributed by atoms with E-state index in [0.717, 1.165) is 6.42 Å². The quantitative estimate of drug-likeness (QED) is 0.637. The number of carboxylic acids is 1. The summed E-state index contributed by atoms with van der Waals surface area (Å²) >= 11 is 0. The van der Waals surface area contributed by atoms with Gasteiger partial charge >= 0.3 is 5.97 Å². The molecule has 0 spiro atoms. The van der Waals surface area contributed by atoms with Crippen LogP contribution in [0.3, 0.4) is 0 Å². The molecular formula is C6H11NO3S. The van der Waals surface area contributed by atoms with Gasteiger partial charge in [0, 0.05) is 12.8 Å². The van der Waals surface area contributed by atoms with Crippen LogP contribution in [0.1, 0.15) is 12.8 Å². The molecule has 0 bridgehead atoms. The van der Waals surface area contributed by atoms with Crippen LogP contribution < -0.4 is 0 Å². The van der Waals surface area contributed by atoms with Gasteiger partial charge in [0.1, 0.15) is 6.04 Å². The van der Waals surface area contributed by atoms with Crippen molar-refractivity contribution in [2.75, 3.05) is 12.8 Å². The van der Waals surface area contributed by atoms with Gasteiger partial charge in [0.2, 0.25) is 0 Å². The fourth-order valence-electron chi connectivity index (χ4n) is 1.29. The molecule has 1 aliphatic rings. The van der Waals surface area contributed by atoms with Gasteiger partial charge in [-0.2, -0.15) is 0 Å². The van der Waals surface area contributed by atoms with Gasteiger partial charge in [-0.25, -0.2) is 8.51 Å². The first kappa shape index (κ1) is 8.67. The molecular weight excluding hydrogens is 166 g/mol. The Labute approximate surface area is 67.8 Å². The van der Waals surface area contributed by atoms with Crippen molar-refractivity contribution in [3.63, 3.8) is 0 Å². The lowest BCUT2D eigenvalue weighted by Crippen LogP contribution is -2.36. The Morgan fingerprint density at radius 2 is 2.36 bits per heavy atom. The topological polar surface area (TPSA) is 57.6 Å². The van der Waals surface area contributed by atoms with Crippen LogP contribution in [0.2, 0.25) is 0 Å². The number of hydrogen-bond acceptors (Lipinski definition) is 2. The molecule has 0 aliphatic carbocycles. The van der Waals surface area contributed by atoms with E-state index in [1.807, 2.05) is 0 Å². The Hall–Kier alpha value is -0.420. The molecule has 64 valence electrons. The highest BCUT2D eigenvalue weighted by atomic mass is 32.2. The van der Waals surface area contributed by atoms with Gasteiger partial charge in [-0.15, -0.1) is 0 Å². The van der Waals surface area contributed by atoms with Crippen LogP contribution in [0.15, 0.2) is 0 Å². The molecule has 1 N–H and O–H groups in total. The summed E-state index contributed by atoms with van der Waals surface area (Å²) in [6, 6.07) is -0.527. The average molecular weight is 177 g/mol. The maximum atomic E-state index is 10.9. The Bertz CT molecular complexity index is 174. The van der Waals surface area contributed by atoms with Gasteiger partial charge in [0.25, 0.3) is 0 Å². The van der Waals surface area contributed by atoms with Gasteiger partial charge in [0.05, 0.1) is 11.0 Å². The van der Waals surface area contributed by atoms with E-state index < -0.39 is 23.0 Å². The van der Waals surface area contributed by atoms with Crippen LogP contribution in [0, 0.1) is 0 Å². The van der Waals surface area contributed by atoms with Crippen molar-refractivity contribution in [3.05, 3.63) is 0 Å². The summed E-state index contributed by atoms with van der Waals surface area (Å²) in [6.45, 7) is 0.639. The summed E-state index contributed by atoms with van der Waals surface area (Å²) in [5, 5.41) is 8.66. The van der Waals surface area contributed by atoms with E-state index in [1.54, 1.807) is 0 Å². The summed E-state index contributed by atoms with van der Waals surface area (Å²) in [4.78, 5) is 10.5. The van der Waals surface area contributed by atoms with Crippen LogP contribution in [-0.4, -0.2) is 38.4 Å². The van der Waals surface area contributed by atoms with Crippen LogP contribution in [0.25, 0.3) is 0 Å². The van der Waals surface area contributed by atoms with Crippen molar-refractivity contribution in [2.45, 2.75) is 18.9 Å². The van der Waals surface area contributed by atoms with Crippen molar-refractivity contribution >= 4 is 17.0 Å². The third-order valence-electron chi connectivity index (χ3n) is 1.82. The average Bonchev–Trinajstić information content (AvgIpc) is 2.32. The third kappa shape index (κ3) is 1.78. The fraction of sp³-hybridized carbons (Fsp3) is 0.833. The van der Waals surface area contributed by atoms with Crippen molar-refractivity contribution < 1.29 is 14.1 Å². The molecule has 4 nitrogen and oxygen atoms in total. The zero-order chi connectivity index (χ0) is 8.43. The summed E-state index contributed by atoms with van der Waals surface area (Å²) in [7, 11) is -1.14. The highest BCUT2D eigenvalue weighted by Gasteiger charge is 2.32. The molecule has 0 radical (unpaired) electrons. The molecule has 0 aromatic rings. The summed E-state index contributed by atoms with van der Waals surface area (Å²) in [5.41, 5.74) is 0. The van der Waals surface area contributed by atoms with Crippen molar-refractivity contribution in [1.82, 2.24) is 4.31 Å². The lowest BCUT2D eigenvalue weighted by Gasteiger charge is -2.16. The molecule has 5 heteroatoms. The molecule has 11 heavy (non-hydrogen) atoms. The van der Waals surface area contributed by atoms with E-state index >= 15 is 0 Å². The van der Waals surface area contributed by atoms with Gasteiger partial charge in [0.15, 0.2) is 0 Å². The minimum absolute atomic E-state index is 0.527. The lowest BCUT2D eigenvalue weighted by molar-refractivity contribution is -0.140. The summed E-state index contributed by atoms with van der Waals surface area (Å²) in [5.74, 6) is -0.863. The molecule has 0 saturated carbocycles. The number of rotatable bonds is 2. The van der Waals surface area contributed by atoms with Gasteiger partial charge in [-0.3, -0.25) is 4.79 Å². The zero-order valence-corrected chi connectivity index (χ0v) is 7.13. The first-order valence-electron chi connectivity index (χ1n) is 3.46. The monoisotopic (exact) mass is 177 g/mol. The van der Waals surface area contributed by atoms with E-state index in [0.29, 0.717) is 13.0 Å². The minimum atomic E-state index is -1.14. The first-order valence-corrected chi connectivity index (χ1v) is 4.97. The molecule has 1 rings (SSSR count). The van der Waals surface area contributed by atoms with Crippen molar-refractivity contribution in [1.29, 1.82) is 0 Å². The molecule has 2 atom stereocenters. The van der Waals surface area contributed by atoms with E-state index in [2.05, 4.69) is 0 Å². The molecule has 1 fully saturated rings. The minimum Gasteiger partial charge on any atom is -0.480 e. The van der Waals surface area contributed by atoms with Crippen molar-refractivity contribution in [2.24, 2.45) is 0 Å². The molecule has 0 aromatic carbocycles. The van der Waals surface area contributed by atoms with Gasteiger partial charge < -0.3 is 5.11 Å². The molecule has 0 aromatic heterocycles. The highest BCUT2D eigenvalue weighted by molar-refractivity contribution is 7.81. The molecule has 1 saturated heterocycles. The van der Waals surface area contributed by atoms with Crippen molar-refractivity contribution in [3.8, 4) is 0 Å².